The summed E-state index contributed by atoms with van der Waals surface area (Å²) in [6, 6.07) is 5.27. The van der Waals surface area contributed by atoms with E-state index >= 15 is 0 Å². The van der Waals surface area contributed by atoms with Gasteiger partial charge in [0.25, 0.3) is 0 Å². The molecule has 0 aromatic heterocycles. The Morgan fingerprint density at radius 1 is 1.18 bits per heavy atom. The number of anilines is 1. The summed E-state index contributed by atoms with van der Waals surface area (Å²) in [5.41, 5.74) is -2.47. The van der Waals surface area contributed by atoms with Crippen LogP contribution in [0.15, 0.2) is 18.2 Å². The van der Waals surface area contributed by atoms with Crippen LogP contribution in [-0.4, -0.2) is 55.1 Å². The number of amides is 1. The van der Waals surface area contributed by atoms with Gasteiger partial charge in [0.15, 0.2) is 11.4 Å². The van der Waals surface area contributed by atoms with Crippen LogP contribution in [0.5, 0.6) is 5.75 Å². The van der Waals surface area contributed by atoms with Crippen LogP contribution in [0.1, 0.15) is 58.9 Å². The molecule has 1 atom stereocenters. The van der Waals surface area contributed by atoms with E-state index < -0.39 is 28.6 Å². The number of benzene rings is 1. The monoisotopic (exact) mass is 459 g/mol. The lowest BCUT2D eigenvalue weighted by molar-refractivity contribution is -0.193. The van der Waals surface area contributed by atoms with Crippen molar-refractivity contribution >= 4 is 11.8 Å². The summed E-state index contributed by atoms with van der Waals surface area (Å²) in [6.07, 6.45) is 3.95. The van der Waals surface area contributed by atoms with Gasteiger partial charge in [-0.05, 0) is 64.7 Å². The fourth-order valence-electron chi connectivity index (χ4n) is 5.13. The first kappa shape index (κ1) is 23.7. The number of rotatable bonds is 2. The van der Waals surface area contributed by atoms with Crippen molar-refractivity contribution in [2.24, 2.45) is 0 Å². The summed E-state index contributed by atoms with van der Waals surface area (Å²) in [6.45, 7) is 8.73. The van der Waals surface area contributed by atoms with Gasteiger partial charge in [-0.15, -0.1) is 0 Å². The third-order valence-corrected chi connectivity index (χ3v) is 6.61. The van der Waals surface area contributed by atoms with Crippen LogP contribution in [0.4, 0.5) is 10.5 Å². The molecule has 2 fully saturated rings. The van der Waals surface area contributed by atoms with Gasteiger partial charge in [0.05, 0.1) is 38.2 Å². The Morgan fingerprint density at radius 3 is 2.42 bits per heavy atom. The Labute approximate surface area is 195 Å². The summed E-state index contributed by atoms with van der Waals surface area (Å²) in [4.78, 5) is 15.2. The predicted octanol–water partition coefficient (Wildman–Crippen LogP) is 3.69. The molecule has 8 heteroatoms. The highest BCUT2D eigenvalue weighted by Crippen LogP contribution is 2.59. The Bertz CT molecular complexity index is 957. The first-order valence-electron chi connectivity index (χ1n) is 11.5. The molecule has 0 radical (unpaired) electrons. The quantitative estimate of drug-likeness (QED) is 0.675. The minimum Gasteiger partial charge on any atom is -0.497 e. The molecule has 180 valence electrons. The van der Waals surface area contributed by atoms with E-state index in [9.17, 15) is 9.90 Å². The lowest BCUT2D eigenvalue weighted by Gasteiger charge is -2.50. The van der Waals surface area contributed by atoms with Crippen molar-refractivity contribution in [2.45, 2.75) is 75.9 Å². The second-order valence-electron chi connectivity index (χ2n) is 9.71. The molecule has 1 saturated heterocycles. The van der Waals surface area contributed by atoms with Crippen molar-refractivity contribution in [3.05, 3.63) is 23.8 Å². The molecule has 1 aromatic carbocycles. The van der Waals surface area contributed by atoms with Gasteiger partial charge in [-0.2, -0.15) is 0 Å². The predicted molar refractivity (Wildman–Crippen MR) is 121 cm³/mol. The standard InChI is InChI=1S/C25H33NO7/c1-6-30-14-13-25(28)19-17-18(29-5)7-8-20(19)26(21(27)33-22(2,3)4)23(25)9-11-24(12-10-23)31-15-16-32-24/h7-8,17,28H,6,9-12,15-16H2,1-5H3. The zero-order valence-electron chi connectivity index (χ0n) is 20.0. The number of hydrogen-bond acceptors (Lipinski definition) is 7. The number of carbonyl (C=O) groups is 1. The number of carbonyl (C=O) groups excluding carboxylic acids is 1. The molecule has 1 amide bonds. The maximum atomic E-state index is 13.6. The van der Waals surface area contributed by atoms with E-state index in [1.807, 2.05) is 27.7 Å². The summed E-state index contributed by atoms with van der Waals surface area (Å²) in [5, 5.41) is 12.3. The molecular formula is C25H33NO7. The smallest absolute Gasteiger partial charge is 0.415 e. The molecule has 3 aliphatic rings. The van der Waals surface area contributed by atoms with Crippen molar-refractivity contribution in [1.29, 1.82) is 0 Å². The third-order valence-electron chi connectivity index (χ3n) is 6.61. The lowest BCUT2D eigenvalue weighted by atomic mass is 9.67. The number of hydrogen-bond donors (Lipinski definition) is 1. The van der Waals surface area contributed by atoms with E-state index in [1.165, 1.54) is 0 Å². The van der Waals surface area contributed by atoms with E-state index in [0.29, 0.717) is 62.5 Å². The van der Waals surface area contributed by atoms with Crippen molar-refractivity contribution in [3.8, 4) is 17.8 Å². The fraction of sp³-hybridized carbons (Fsp3) is 0.640. The van der Waals surface area contributed by atoms with E-state index in [-0.39, 0.29) is 0 Å². The van der Waals surface area contributed by atoms with E-state index in [0.717, 1.165) is 0 Å². The molecule has 2 aliphatic heterocycles. The minimum atomic E-state index is -1.71. The highest BCUT2D eigenvalue weighted by Gasteiger charge is 2.66. The third kappa shape index (κ3) is 3.92. The molecular weight excluding hydrogens is 426 g/mol. The molecule has 1 unspecified atom stereocenters. The van der Waals surface area contributed by atoms with Crippen LogP contribution in [0, 0.1) is 12.0 Å². The highest BCUT2D eigenvalue weighted by molar-refractivity contribution is 5.95. The Balaban J connectivity index is 1.86. The van der Waals surface area contributed by atoms with Crippen molar-refractivity contribution in [1.82, 2.24) is 0 Å². The minimum absolute atomic E-state index is 0.377. The molecule has 1 aromatic rings. The van der Waals surface area contributed by atoms with Crippen molar-refractivity contribution in [3.63, 3.8) is 0 Å². The normalized spacial score (nSPS) is 24.8. The summed E-state index contributed by atoms with van der Waals surface area (Å²) < 4.78 is 28.4. The SMILES string of the molecule is CCOC#CC1(O)c2cc(OC)ccc2N(C(=O)OC(C)(C)C)C12CCC1(CC2)OCCO1. The van der Waals surface area contributed by atoms with E-state index in [1.54, 1.807) is 30.2 Å². The molecule has 1 N–H and O–H groups in total. The summed E-state index contributed by atoms with van der Waals surface area (Å²) >= 11 is 0. The lowest BCUT2D eigenvalue weighted by Crippen LogP contribution is -2.63. The van der Waals surface area contributed by atoms with Crippen LogP contribution in [0.25, 0.3) is 0 Å². The van der Waals surface area contributed by atoms with Gasteiger partial charge >= 0.3 is 6.09 Å². The molecule has 2 heterocycles. The van der Waals surface area contributed by atoms with Gasteiger partial charge in [-0.3, -0.25) is 4.90 Å². The Kier molecular flexibility index (Phi) is 6.02. The average Bonchev–Trinajstić information content (AvgIpc) is 3.29. The number of fused-ring (bicyclic) bond motifs is 1. The van der Waals surface area contributed by atoms with E-state index in [4.69, 9.17) is 23.7 Å². The first-order chi connectivity index (χ1) is 15.6. The fourth-order valence-corrected chi connectivity index (χ4v) is 5.13. The van der Waals surface area contributed by atoms with Gasteiger partial charge in [0, 0.05) is 18.4 Å². The highest BCUT2D eigenvalue weighted by atomic mass is 16.7. The van der Waals surface area contributed by atoms with Gasteiger partial charge in [0.2, 0.25) is 0 Å². The molecule has 1 aliphatic carbocycles. The number of ether oxygens (including phenoxy) is 5. The summed E-state index contributed by atoms with van der Waals surface area (Å²) in [7, 11) is 1.56. The Morgan fingerprint density at radius 2 is 1.85 bits per heavy atom. The van der Waals surface area contributed by atoms with Crippen molar-refractivity contribution < 1.29 is 33.6 Å². The molecule has 1 saturated carbocycles. The van der Waals surface area contributed by atoms with Crippen LogP contribution in [0.2, 0.25) is 0 Å². The van der Waals surface area contributed by atoms with Crippen LogP contribution in [0.3, 0.4) is 0 Å². The van der Waals surface area contributed by atoms with Crippen LogP contribution in [-0.2, 0) is 24.5 Å². The van der Waals surface area contributed by atoms with Gasteiger partial charge in [-0.1, -0.05) is 0 Å². The maximum absolute atomic E-state index is 13.6. The second-order valence-corrected chi connectivity index (χ2v) is 9.71. The average molecular weight is 460 g/mol. The number of nitrogens with zero attached hydrogens (tertiary/aromatic N) is 1. The number of aliphatic hydroxyl groups is 1. The topological polar surface area (TPSA) is 86.7 Å². The second kappa shape index (κ2) is 8.39. The van der Waals surface area contributed by atoms with Crippen LogP contribution < -0.4 is 9.64 Å². The van der Waals surface area contributed by atoms with Crippen molar-refractivity contribution in [2.75, 3.05) is 31.8 Å². The largest absolute Gasteiger partial charge is 0.497 e. The molecule has 8 nitrogen and oxygen atoms in total. The van der Waals surface area contributed by atoms with E-state index in [2.05, 4.69) is 12.0 Å². The zero-order valence-corrected chi connectivity index (χ0v) is 20.0. The molecule has 4 rings (SSSR count). The maximum Gasteiger partial charge on any atom is 0.415 e. The van der Waals surface area contributed by atoms with Gasteiger partial charge in [-0.25, -0.2) is 4.79 Å². The van der Waals surface area contributed by atoms with Crippen LogP contribution >= 0.6 is 0 Å². The van der Waals surface area contributed by atoms with Gasteiger partial charge < -0.3 is 28.8 Å². The Hall–Kier alpha value is -2.47. The molecule has 33 heavy (non-hydrogen) atoms. The molecule has 0 bridgehead atoms. The molecule has 2 spiro atoms. The zero-order chi connectivity index (χ0) is 23.9. The summed E-state index contributed by atoms with van der Waals surface area (Å²) in [5.74, 6) is 2.82. The first-order valence-corrected chi connectivity index (χ1v) is 11.5. The van der Waals surface area contributed by atoms with Gasteiger partial charge in [0.1, 0.15) is 17.5 Å². The number of methoxy groups -OCH3 is 1.